The van der Waals surface area contributed by atoms with Crippen LogP contribution < -0.4 is 5.32 Å². The third-order valence-electron chi connectivity index (χ3n) is 3.30. The lowest BCUT2D eigenvalue weighted by molar-refractivity contribution is -0.142. The number of carboxylic acids is 1. The predicted molar refractivity (Wildman–Crippen MR) is 91.8 cm³/mol. The molecule has 0 aliphatic heterocycles. The number of carboxylic acid groups (broad SMARTS) is 1. The van der Waals surface area contributed by atoms with Gasteiger partial charge >= 0.3 is 5.97 Å². The minimum Gasteiger partial charge on any atom is -0.480 e. The van der Waals surface area contributed by atoms with Gasteiger partial charge in [-0.1, -0.05) is 68.3 Å². The Kier molecular flexibility index (Phi) is 9.24. The Morgan fingerprint density at radius 3 is 2.43 bits per heavy atom. The van der Waals surface area contributed by atoms with Crippen LogP contribution in [0.25, 0.3) is 0 Å². The summed E-state index contributed by atoms with van der Waals surface area (Å²) >= 11 is 0.839. The zero-order valence-electron chi connectivity index (χ0n) is 13.3. The number of nitrogens with one attached hydrogen (secondary N) is 1. The van der Waals surface area contributed by atoms with E-state index in [0.29, 0.717) is 12.1 Å². The van der Waals surface area contributed by atoms with Crippen LogP contribution in [-0.4, -0.2) is 40.3 Å². The van der Waals surface area contributed by atoms with Crippen molar-refractivity contribution in [3.05, 3.63) is 35.9 Å². The van der Waals surface area contributed by atoms with E-state index in [-0.39, 0.29) is 10.9 Å². The number of thioether (sulfide) groups is 1. The van der Waals surface area contributed by atoms with Crippen LogP contribution in [0.5, 0.6) is 0 Å². The van der Waals surface area contributed by atoms with Crippen molar-refractivity contribution in [2.24, 2.45) is 0 Å². The number of carbonyl (C=O) groups is 3. The third-order valence-corrected chi connectivity index (χ3v) is 4.23. The Hall–Kier alpha value is -1.66. The molecule has 0 aromatic heterocycles. The van der Waals surface area contributed by atoms with Gasteiger partial charge in [-0.15, -0.1) is 0 Å². The van der Waals surface area contributed by atoms with E-state index in [2.05, 4.69) is 12.2 Å². The molecular formula is C17H23NO4S. The summed E-state index contributed by atoms with van der Waals surface area (Å²) in [5.74, 6) is -1.83. The Labute approximate surface area is 140 Å². The van der Waals surface area contributed by atoms with E-state index in [1.54, 1.807) is 30.3 Å². The maximum atomic E-state index is 12.0. The van der Waals surface area contributed by atoms with Crippen LogP contribution in [0.3, 0.4) is 0 Å². The molecule has 5 nitrogen and oxygen atoms in total. The number of Topliss-reactive ketones (excluding diaryl/α,β-unsaturated/α-hetero) is 1. The van der Waals surface area contributed by atoms with Crippen molar-refractivity contribution in [1.82, 2.24) is 5.32 Å². The van der Waals surface area contributed by atoms with Crippen molar-refractivity contribution in [1.29, 1.82) is 0 Å². The molecule has 126 valence electrons. The van der Waals surface area contributed by atoms with Gasteiger partial charge in [-0.3, -0.25) is 19.7 Å². The van der Waals surface area contributed by atoms with Crippen LogP contribution in [0.2, 0.25) is 0 Å². The van der Waals surface area contributed by atoms with Crippen molar-refractivity contribution in [3.8, 4) is 0 Å². The van der Waals surface area contributed by atoms with Crippen molar-refractivity contribution in [3.63, 3.8) is 0 Å². The van der Waals surface area contributed by atoms with Crippen LogP contribution in [0.1, 0.15) is 43.0 Å². The normalized spacial score (nSPS) is 11.9. The monoisotopic (exact) mass is 337 g/mol. The van der Waals surface area contributed by atoms with Crippen molar-refractivity contribution in [2.75, 3.05) is 12.3 Å². The molecule has 0 heterocycles. The van der Waals surface area contributed by atoms with Gasteiger partial charge < -0.3 is 5.11 Å². The van der Waals surface area contributed by atoms with Gasteiger partial charge in [-0.2, -0.15) is 0 Å². The number of carbonyl (C=O) groups excluding carboxylic acids is 2. The molecule has 2 N–H and O–H groups in total. The van der Waals surface area contributed by atoms with Crippen LogP contribution >= 0.6 is 11.8 Å². The first-order chi connectivity index (χ1) is 11.1. The second kappa shape index (κ2) is 11.0. The molecule has 0 amide bonds. The molecule has 1 aromatic rings. The minimum absolute atomic E-state index is 0.146. The van der Waals surface area contributed by atoms with E-state index in [4.69, 9.17) is 5.11 Å². The van der Waals surface area contributed by atoms with Crippen LogP contribution in [0.15, 0.2) is 30.3 Å². The van der Waals surface area contributed by atoms with Crippen LogP contribution in [0, 0.1) is 0 Å². The lowest BCUT2D eigenvalue weighted by Crippen LogP contribution is -2.44. The highest BCUT2D eigenvalue weighted by atomic mass is 32.2. The van der Waals surface area contributed by atoms with Crippen LogP contribution in [-0.2, 0) is 9.59 Å². The topological polar surface area (TPSA) is 83.5 Å². The molecule has 0 bridgehead atoms. The number of hydrogen-bond donors (Lipinski definition) is 2. The Bertz CT molecular complexity index is 519. The Balaban J connectivity index is 2.42. The summed E-state index contributed by atoms with van der Waals surface area (Å²) in [6.07, 6.45) is 4.03. The molecule has 0 spiro atoms. The molecule has 1 aromatic carbocycles. The Morgan fingerprint density at radius 1 is 1.13 bits per heavy atom. The fraction of sp³-hybridized carbons (Fsp3) is 0.471. The molecule has 6 heteroatoms. The van der Waals surface area contributed by atoms with Crippen molar-refractivity contribution < 1.29 is 19.5 Å². The molecule has 1 atom stereocenters. The summed E-state index contributed by atoms with van der Waals surface area (Å²) in [4.78, 5) is 35.1. The molecule has 0 saturated heterocycles. The lowest BCUT2D eigenvalue weighted by atomic mass is 10.1. The zero-order valence-corrected chi connectivity index (χ0v) is 14.1. The van der Waals surface area contributed by atoms with Crippen molar-refractivity contribution >= 4 is 28.6 Å². The maximum Gasteiger partial charge on any atom is 0.328 e. The summed E-state index contributed by atoms with van der Waals surface area (Å²) in [6, 6.07) is 7.38. The van der Waals surface area contributed by atoms with Gasteiger partial charge in [-0.25, -0.2) is 0 Å². The molecular weight excluding hydrogens is 314 g/mol. The van der Waals surface area contributed by atoms with Gasteiger partial charge in [0.1, 0.15) is 0 Å². The first-order valence-electron chi connectivity index (χ1n) is 7.77. The van der Waals surface area contributed by atoms with E-state index >= 15 is 0 Å². The van der Waals surface area contributed by atoms with E-state index in [1.807, 2.05) is 0 Å². The number of aliphatic carboxylic acids is 1. The summed E-state index contributed by atoms with van der Waals surface area (Å²) in [5.41, 5.74) is 0.504. The van der Waals surface area contributed by atoms with E-state index in [1.165, 1.54) is 0 Å². The standard InChI is InChI=1S/C17H23NO4S/c1-2-3-4-8-11-18-15(16(20)21)14(19)12-23-17(22)13-9-6-5-7-10-13/h5-7,9-10,15,18H,2-4,8,11-12H2,1H3,(H,20,21). The average molecular weight is 337 g/mol. The van der Waals surface area contributed by atoms with Gasteiger partial charge in [0.2, 0.25) is 5.12 Å². The number of unbranched alkanes of at least 4 members (excludes halogenated alkanes) is 3. The van der Waals surface area contributed by atoms with Gasteiger partial charge in [-0.05, 0) is 13.0 Å². The molecule has 0 fully saturated rings. The SMILES string of the molecule is CCCCCCNC(C(=O)O)C(=O)CSC(=O)c1ccccc1. The predicted octanol–water partition coefficient (Wildman–Crippen LogP) is 2.75. The molecule has 0 saturated carbocycles. The second-order valence-electron chi connectivity index (χ2n) is 5.19. The number of benzene rings is 1. The average Bonchev–Trinajstić information content (AvgIpc) is 2.56. The third kappa shape index (κ3) is 7.43. The molecule has 1 unspecified atom stereocenters. The molecule has 0 aliphatic rings. The highest BCUT2D eigenvalue weighted by Crippen LogP contribution is 2.12. The highest BCUT2D eigenvalue weighted by Gasteiger charge is 2.25. The maximum absolute atomic E-state index is 12.0. The second-order valence-corrected chi connectivity index (χ2v) is 6.14. The summed E-state index contributed by atoms with van der Waals surface area (Å²) in [7, 11) is 0. The van der Waals surface area contributed by atoms with Gasteiger partial charge in [0.05, 0.1) is 5.75 Å². The molecule has 0 aliphatic carbocycles. The van der Waals surface area contributed by atoms with Crippen molar-refractivity contribution in [2.45, 2.75) is 38.6 Å². The minimum atomic E-state index is -1.24. The van der Waals surface area contributed by atoms with Gasteiger partial charge in [0.25, 0.3) is 0 Å². The first-order valence-corrected chi connectivity index (χ1v) is 8.76. The highest BCUT2D eigenvalue weighted by molar-refractivity contribution is 8.14. The summed E-state index contributed by atoms with van der Waals surface area (Å²) in [5, 5.41) is 11.7. The smallest absolute Gasteiger partial charge is 0.328 e. The largest absolute Gasteiger partial charge is 0.480 e. The van der Waals surface area contributed by atoms with Gasteiger partial charge in [0, 0.05) is 5.56 Å². The zero-order chi connectivity index (χ0) is 17.1. The van der Waals surface area contributed by atoms with E-state index in [0.717, 1.165) is 37.4 Å². The Morgan fingerprint density at radius 2 is 1.83 bits per heavy atom. The summed E-state index contributed by atoms with van der Waals surface area (Å²) < 4.78 is 0. The molecule has 1 rings (SSSR count). The fourth-order valence-electron chi connectivity index (χ4n) is 2.01. The van der Waals surface area contributed by atoms with Crippen LogP contribution in [0.4, 0.5) is 0 Å². The van der Waals surface area contributed by atoms with Gasteiger partial charge in [0.15, 0.2) is 11.8 Å². The van der Waals surface area contributed by atoms with E-state index in [9.17, 15) is 14.4 Å². The number of rotatable bonds is 11. The number of ketones is 1. The van der Waals surface area contributed by atoms with E-state index < -0.39 is 17.8 Å². The molecule has 0 radical (unpaired) electrons. The lowest BCUT2D eigenvalue weighted by Gasteiger charge is -2.13. The quantitative estimate of drug-likeness (QED) is 0.477. The fourth-order valence-corrected chi connectivity index (χ4v) is 2.76. The molecule has 23 heavy (non-hydrogen) atoms. The number of hydrogen-bond acceptors (Lipinski definition) is 5. The first kappa shape index (κ1) is 19.4. The summed E-state index contributed by atoms with van der Waals surface area (Å²) in [6.45, 7) is 2.58.